The second kappa shape index (κ2) is 7.92. The van der Waals surface area contributed by atoms with Gasteiger partial charge in [-0.05, 0) is 39.0 Å². The third kappa shape index (κ3) is 4.80. The van der Waals surface area contributed by atoms with Crippen molar-refractivity contribution in [3.05, 3.63) is 12.2 Å². The zero-order valence-corrected chi connectivity index (χ0v) is 13.0. The molecule has 0 aromatic carbocycles. The number of aliphatic hydroxyl groups is 1. The molecule has 5 heteroatoms. The van der Waals surface area contributed by atoms with E-state index < -0.39 is 6.41 Å². The first-order chi connectivity index (χ1) is 10.1. The van der Waals surface area contributed by atoms with E-state index in [0.29, 0.717) is 0 Å². The van der Waals surface area contributed by atoms with Gasteiger partial charge < -0.3 is 14.7 Å². The fraction of sp³-hybridized carbons (Fsp3) is 0.812. The highest BCUT2D eigenvalue weighted by Crippen LogP contribution is 2.22. The molecule has 1 saturated carbocycles. The van der Waals surface area contributed by atoms with Crippen molar-refractivity contribution in [2.45, 2.75) is 70.4 Å². The number of piperidine rings is 1. The Morgan fingerprint density at radius 3 is 2.67 bits per heavy atom. The number of aliphatic hydroxyl groups excluding tert-OH is 1. The molecule has 120 valence electrons. The highest BCUT2D eigenvalue weighted by atomic mass is 16.6. The Kier molecular flexibility index (Phi) is 6.21. The lowest BCUT2D eigenvalue weighted by Gasteiger charge is -2.36. The van der Waals surface area contributed by atoms with E-state index in [0.717, 1.165) is 57.1 Å². The van der Waals surface area contributed by atoms with E-state index in [9.17, 15) is 9.90 Å². The molecule has 21 heavy (non-hydrogen) atoms. The minimum atomic E-state index is -1.05. The van der Waals surface area contributed by atoms with Gasteiger partial charge in [0.05, 0.1) is 18.7 Å². The molecule has 5 nitrogen and oxygen atoms in total. The van der Waals surface area contributed by atoms with Crippen LogP contribution in [0.3, 0.4) is 0 Å². The molecule has 0 radical (unpaired) electrons. The third-order valence-corrected chi connectivity index (χ3v) is 4.44. The van der Waals surface area contributed by atoms with Gasteiger partial charge in [0.25, 0.3) is 0 Å². The van der Waals surface area contributed by atoms with Gasteiger partial charge in [0, 0.05) is 6.54 Å². The highest BCUT2D eigenvalue weighted by molar-refractivity contribution is 5.79. The minimum absolute atomic E-state index is 0.0109. The first-order valence-electron chi connectivity index (χ1n) is 8.09. The van der Waals surface area contributed by atoms with Gasteiger partial charge in [-0.3, -0.25) is 10.1 Å². The predicted molar refractivity (Wildman–Crippen MR) is 81.5 cm³/mol. The maximum atomic E-state index is 12.3. The van der Waals surface area contributed by atoms with Crippen LogP contribution < -0.4 is 5.32 Å². The molecule has 1 unspecified atom stereocenters. The maximum absolute atomic E-state index is 12.3. The number of likely N-dealkylation sites (tertiary alicyclic amines) is 1. The summed E-state index contributed by atoms with van der Waals surface area (Å²) in [5, 5.41) is 12.6. The molecule has 0 aromatic rings. The number of hydrogen-bond acceptors (Lipinski definition) is 4. The topological polar surface area (TPSA) is 61.8 Å². The molecule has 0 aromatic heterocycles. The largest absolute Gasteiger partial charge is 0.356 e. The van der Waals surface area contributed by atoms with Crippen LogP contribution in [0.15, 0.2) is 12.2 Å². The van der Waals surface area contributed by atoms with Crippen LogP contribution in [0.1, 0.15) is 51.9 Å². The first kappa shape index (κ1) is 16.5. The van der Waals surface area contributed by atoms with Crippen LogP contribution in [0.5, 0.6) is 0 Å². The van der Waals surface area contributed by atoms with Crippen LogP contribution in [0, 0.1) is 0 Å². The summed E-state index contributed by atoms with van der Waals surface area (Å²) < 4.78 is 5.48. The van der Waals surface area contributed by atoms with Crippen LogP contribution >= 0.6 is 0 Å². The third-order valence-electron chi connectivity index (χ3n) is 4.44. The van der Waals surface area contributed by atoms with Crippen molar-refractivity contribution in [2.75, 3.05) is 13.1 Å². The Hall–Kier alpha value is -0.910. The second-order valence-corrected chi connectivity index (χ2v) is 6.22. The monoisotopic (exact) mass is 296 g/mol. The summed E-state index contributed by atoms with van der Waals surface area (Å²) in [7, 11) is 0. The van der Waals surface area contributed by atoms with E-state index in [1.165, 1.54) is 0 Å². The van der Waals surface area contributed by atoms with Gasteiger partial charge in [-0.25, -0.2) is 0 Å². The average molecular weight is 296 g/mol. The fourth-order valence-electron chi connectivity index (χ4n) is 3.27. The summed E-state index contributed by atoms with van der Waals surface area (Å²) in [5.41, 5.74) is 1.03. The van der Waals surface area contributed by atoms with Crippen LogP contribution in [-0.4, -0.2) is 47.6 Å². The van der Waals surface area contributed by atoms with Crippen LogP contribution in [0.25, 0.3) is 0 Å². The van der Waals surface area contributed by atoms with Gasteiger partial charge in [-0.2, -0.15) is 0 Å². The smallest absolute Gasteiger partial charge is 0.237 e. The quantitative estimate of drug-likeness (QED) is 0.579. The number of carbonyl (C=O) groups excluding carboxylic acids is 1. The van der Waals surface area contributed by atoms with Crippen molar-refractivity contribution >= 4 is 5.91 Å². The molecule has 1 aliphatic heterocycles. The molecular formula is C16H28N2O3. The van der Waals surface area contributed by atoms with E-state index in [1.54, 1.807) is 0 Å². The molecule has 1 saturated heterocycles. The molecule has 1 amide bonds. The van der Waals surface area contributed by atoms with E-state index in [1.807, 2.05) is 11.8 Å². The van der Waals surface area contributed by atoms with Crippen molar-refractivity contribution < 1.29 is 14.6 Å². The van der Waals surface area contributed by atoms with E-state index in [-0.39, 0.29) is 24.6 Å². The van der Waals surface area contributed by atoms with E-state index >= 15 is 0 Å². The van der Waals surface area contributed by atoms with Crippen LogP contribution in [0.2, 0.25) is 0 Å². The Bertz CT molecular complexity index is 367. The van der Waals surface area contributed by atoms with Crippen molar-refractivity contribution in [3.8, 4) is 0 Å². The molecule has 1 aliphatic carbocycles. The normalized spacial score (nSPS) is 25.0. The Labute approximate surface area is 127 Å². The molecule has 2 rings (SSSR count). The van der Waals surface area contributed by atoms with Crippen molar-refractivity contribution in [1.29, 1.82) is 0 Å². The summed E-state index contributed by atoms with van der Waals surface area (Å²) in [5.74, 6) is 0.0109. The Morgan fingerprint density at radius 1 is 1.33 bits per heavy atom. The molecule has 2 fully saturated rings. The summed E-state index contributed by atoms with van der Waals surface area (Å²) in [6, 6.07) is 0.140. The molecule has 2 atom stereocenters. The fourth-order valence-corrected chi connectivity index (χ4v) is 3.27. The Morgan fingerprint density at radius 2 is 2.00 bits per heavy atom. The van der Waals surface area contributed by atoms with E-state index in [4.69, 9.17) is 4.74 Å². The average Bonchev–Trinajstić information content (AvgIpc) is 2.97. The van der Waals surface area contributed by atoms with Gasteiger partial charge >= 0.3 is 0 Å². The molecule has 1 heterocycles. The van der Waals surface area contributed by atoms with Crippen LogP contribution in [0.4, 0.5) is 0 Å². The molecule has 0 spiro atoms. The number of nitrogens with zero attached hydrogens (tertiary/aromatic N) is 1. The van der Waals surface area contributed by atoms with E-state index in [2.05, 4.69) is 11.9 Å². The summed E-state index contributed by atoms with van der Waals surface area (Å²) in [6.07, 6.45) is 6.55. The number of amides is 1. The molecule has 2 N–H and O–H groups in total. The van der Waals surface area contributed by atoms with Crippen LogP contribution in [-0.2, 0) is 9.53 Å². The van der Waals surface area contributed by atoms with Gasteiger partial charge in [0.15, 0.2) is 0 Å². The number of ether oxygens (including phenoxy) is 1. The SMILES string of the molecule is C=C(C)[C@@H]1CCCCN1C(=O)CNC(O)OC1CCCC1. The lowest BCUT2D eigenvalue weighted by atomic mass is 9.97. The first-order valence-corrected chi connectivity index (χ1v) is 8.09. The van der Waals surface area contributed by atoms with Gasteiger partial charge in [0.2, 0.25) is 12.3 Å². The second-order valence-electron chi connectivity index (χ2n) is 6.22. The van der Waals surface area contributed by atoms with Gasteiger partial charge in [0.1, 0.15) is 0 Å². The van der Waals surface area contributed by atoms with Gasteiger partial charge in [-0.15, -0.1) is 0 Å². The summed E-state index contributed by atoms with van der Waals surface area (Å²) >= 11 is 0. The maximum Gasteiger partial charge on any atom is 0.237 e. The highest BCUT2D eigenvalue weighted by Gasteiger charge is 2.27. The number of carbonyl (C=O) groups is 1. The van der Waals surface area contributed by atoms with Gasteiger partial charge in [-0.1, -0.05) is 25.0 Å². The number of nitrogens with one attached hydrogen (secondary N) is 1. The molecule has 2 aliphatic rings. The van der Waals surface area contributed by atoms with Crippen molar-refractivity contribution in [2.24, 2.45) is 0 Å². The lowest BCUT2D eigenvalue weighted by molar-refractivity contribution is -0.157. The minimum Gasteiger partial charge on any atom is -0.356 e. The van der Waals surface area contributed by atoms with Crippen molar-refractivity contribution in [1.82, 2.24) is 10.2 Å². The number of rotatable bonds is 6. The molecular weight excluding hydrogens is 268 g/mol. The number of hydrogen-bond donors (Lipinski definition) is 2. The Balaban J connectivity index is 1.75. The standard InChI is InChI=1S/C16H28N2O3/c1-12(2)14-9-5-6-10-18(14)15(19)11-17-16(20)21-13-7-3-4-8-13/h13-14,16-17,20H,1,3-11H2,2H3/t14-,16?/m0/s1. The zero-order valence-electron chi connectivity index (χ0n) is 13.0. The lowest BCUT2D eigenvalue weighted by Crippen LogP contribution is -2.49. The summed E-state index contributed by atoms with van der Waals surface area (Å²) in [6.45, 7) is 6.84. The predicted octanol–water partition coefficient (Wildman–Crippen LogP) is 1.77. The van der Waals surface area contributed by atoms with Crippen molar-refractivity contribution in [3.63, 3.8) is 0 Å². The molecule has 0 bridgehead atoms. The zero-order chi connectivity index (χ0) is 15.2. The summed E-state index contributed by atoms with van der Waals surface area (Å²) in [4.78, 5) is 14.2.